The third kappa shape index (κ3) is 5.65. The predicted molar refractivity (Wildman–Crippen MR) is 168 cm³/mol. The van der Waals surface area contributed by atoms with Gasteiger partial charge in [-0.05, 0) is 6.42 Å². The zero-order valence-corrected chi connectivity index (χ0v) is 27.5. The molecular weight excluding hydrogens is 686 g/mol. The van der Waals surface area contributed by atoms with Crippen LogP contribution in [-0.4, -0.2) is 82.3 Å². The molecule has 23 heteroatoms. The lowest BCUT2D eigenvalue weighted by Gasteiger charge is -2.28. The first kappa shape index (κ1) is 32.0. The van der Waals surface area contributed by atoms with Gasteiger partial charge in [-0.25, -0.2) is 29.1 Å². The molecule has 0 amide bonds. The van der Waals surface area contributed by atoms with Crippen molar-refractivity contribution in [2.75, 3.05) is 31.3 Å². The van der Waals surface area contributed by atoms with Crippen LogP contribution >= 0.6 is 38.1 Å². The van der Waals surface area contributed by atoms with Crippen LogP contribution in [0.5, 0.6) is 0 Å². The molecule has 6 N–H and O–H groups in total. The number of aliphatic hydroxyl groups excluding tert-OH is 1. The molecule has 0 radical (unpaired) electrons. The Bertz CT molecular complexity index is 1960. The number of fused-ring (bicyclic) bond motifs is 5. The molecule has 0 aromatic carbocycles. The summed E-state index contributed by atoms with van der Waals surface area (Å²) < 4.78 is 60.4. The lowest BCUT2D eigenvalue weighted by atomic mass is 9.99. The summed E-state index contributed by atoms with van der Waals surface area (Å²) in [7, 11) is 0. The number of rotatable bonds is 3. The lowest BCUT2D eigenvalue weighted by Crippen LogP contribution is -2.33. The molecule has 7 rings (SSSR count). The van der Waals surface area contributed by atoms with Gasteiger partial charge in [0.05, 0.1) is 44.7 Å². The first-order valence-corrected chi connectivity index (χ1v) is 19.5. The van der Waals surface area contributed by atoms with E-state index in [1.54, 1.807) is 6.33 Å². The summed E-state index contributed by atoms with van der Waals surface area (Å²) >= 11 is 8.52. The minimum atomic E-state index is -4.18. The molecule has 19 nitrogen and oxygen atoms in total. The van der Waals surface area contributed by atoms with Crippen LogP contribution in [0.3, 0.4) is 0 Å². The maximum absolute atomic E-state index is 13.8. The van der Waals surface area contributed by atoms with Gasteiger partial charge < -0.3 is 30.4 Å². The Balaban J connectivity index is 1.22. The zero-order chi connectivity index (χ0) is 32.5. The van der Waals surface area contributed by atoms with Gasteiger partial charge in [0.15, 0.2) is 28.9 Å². The molecule has 248 valence electrons. The highest BCUT2D eigenvalue weighted by atomic mass is 32.7. The van der Waals surface area contributed by atoms with E-state index in [0.29, 0.717) is 17.6 Å². The van der Waals surface area contributed by atoms with E-state index in [1.807, 2.05) is 11.5 Å². The van der Waals surface area contributed by atoms with Crippen molar-refractivity contribution in [1.29, 1.82) is 0 Å². The number of aromatic amines is 1. The van der Waals surface area contributed by atoms with E-state index >= 15 is 0 Å². The highest BCUT2D eigenvalue weighted by molar-refractivity contribution is 8.44. The number of nitrogens with one attached hydrogen (secondary N) is 1. The SMILES string of the molecule is CC1C2OP(=O)(S)OCC3OC(n4cnc5c(=O)[nH]c(N)nc54)C(O[P@@](=O)(S)OCC2CC1n1cnc2c(N)ncnc21)C3CO. The van der Waals surface area contributed by atoms with E-state index < -0.39 is 62.1 Å². The molecule has 6 heterocycles. The number of aliphatic hydroxyl groups is 1. The highest BCUT2D eigenvalue weighted by Crippen LogP contribution is 2.62. The molecule has 10 atom stereocenters. The van der Waals surface area contributed by atoms with E-state index in [1.165, 1.54) is 17.2 Å². The Kier molecular flexibility index (Phi) is 8.23. The van der Waals surface area contributed by atoms with Crippen LogP contribution < -0.4 is 17.0 Å². The second-order valence-corrected chi connectivity index (χ2v) is 17.1. The Morgan fingerprint density at radius 1 is 1.00 bits per heavy atom. The maximum Gasteiger partial charge on any atom is 0.386 e. The van der Waals surface area contributed by atoms with Crippen LogP contribution in [-0.2, 0) is 32.0 Å². The molecular formula is C23H30N10O9P2S2. The molecule has 1 aliphatic carbocycles. The molecule has 4 aromatic rings. The number of hydrogen-bond donors (Lipinski definition) is 6. The number of ether oxygens (including phenoxy) is 1. The molecule has 3 fully saturated rings. The van der Waals surface area contributed by atoms with Crippen molar-refractivity contribution in [3.8, 4) is 0 Å². The number of hydrogen-bond acceptors (Lipinski definition) is 16. The topological polar surface area (TPSA) is 260 Å². The third-order valence-electron chi connectivity index (χ3n) is 8.67. The summed E-state index contributed by atoms with van der Waals surface area (Å²) in [6.45, 7) is -7.42. The summed E-state index contributed by atoms with van der Waals surface area (Å²) in [6, 6.07) is -0.278. The number of nitrogen functional groups attached to an aromatic ring is 2. The van der Waals surface area contributed by atoms with E-state index in [2.05, 4.69) is 54.4 Å². The number of anilines is 2. The van der Waals surface area contributed by atoms with E-state index in [-0.39, 0.29) is 48.1 Å². The van der Waals surface area contributed by atoms with Crippen LogP contribution in [0.4, 0.5) is 11.8 Å². The lowest BCUT2D eigenvalue weighted by molar-refractivity contribution is -0.0476. The Morgan fingerprint density at radius 2 is 1.70 bits per heavy atom. The molecule has 3 aliphatic rings. The molecule has 2 bridgehead atoms. The van der Waals surface area contributed by atoms with Crippen molar-refractivity contribution in [1.82, 2.24) is 39.0 Å². The number of aromatic nitrogens is 8. The molecule has 0 spiro atoms. The van der Waals surface area contributed by atoms with E-state index in [9.17, 15) is 19.0 Å². The average molecular weight is 717 g/mol. The number of thiol groups is 2. The van der Waals surface area contributed by atoms with E-state index in [4.69, 9.17) is 34.3 Å². The van der Waals surface area contributed by atoms with Crippen LogP contribution in [0.25, 0.3) is 22.3 Å². The summed E-state index contributed by atoms with van der Waals surface area (Å²) in [6.07, 6.45) is 0.537. The van der Waals surface area contributed by atoms with Crippen molar-refractivity contribution in [2.24, 2.45) is 17.8 Å². The summed E-state index contributed by atoms with van der Waals surface area (Å²) in [5, 5.41) is 10.4. The Morgan fingerprint density at radius 3 is 2.46 bits per heavy atom. The van der Waals surface area contributed by atoms with Crippen LogP contribution in [0.2, 0.25) is 0 Å². The number of imidazole rings is 2. The van der Waals surface area contributed by atoms with Gasteiger partial charge in [0.1, 0.15) is 17.9 Å². The van der Waals surface area contributed by atoms with Crippen LogP contribution in [0, 0.1) is 17.8 Å². The van der Waals surface area contributed by atoms with Gasteiger partial charge in [-0.2, -0.15) is 4.98 Å². The monoisotopic (exact) mass is 716 g/mol. The first-order valence-electron chi connectivity index (χ1n) is 14.1. The van der Waals surface area contributed by atoms with Gasteiger partial charge >= 0.3 is 13.6 Å². The molecule has 2 aliphatic heterocycles. The normalized spacial score (nSPS) is 37.1. The standard InChI is InChI=1S/C23H30N10O9P2S2/c1-9-12(32-7-28-14-18(24)26-6-27-19(14)32)2-10-4-38-43(36,45)42-17-11(3-34)13(5-39-44(37,46)41-16(9)10)40-22(17)33-8-29-15-20(33)30-23(25)31-21(15)35/h6-13,16-17,22,34H,2-5H2,1H3,(H,36,45)(H,37,46)(H2,24,26,27)(H3,25,30,31,35)/t9?,10?,11?,12?,13?,16?,17?,22?,43-,44?/m0/s1. The maximum atomic E-state index is 13.8. The summed E-state index contributed by atoms with van der Waals surface area (Å²) in [4.78, 5) is 35.7. The molecule has 4 aromatic heterocycles. The fraction of sp³-hybridized carbons (Fsp3) is 0.565. The minimum absolute atomic E-state index is 0.0412. The number of nitrogens with two attached hydrogens (primary N) is 2. The van der Waals surface area contributed by atoms with Gasteiger partial charge in [-0.15, -0.1) is 0 Å². The number of nitrogens with zero attached hydrogens (tertiary/aromatic N) is 7. The fourth-order valence-corrected chi connectivity index (χ4v) is 9.64. The molecule has 1 saturated carbocycles. The van der Waals surface area contributed by atoms with Crippen molar-refractivity contribution in [2.45, 2.75) is 43.9 Å². The largest absolute Gasteiger partial charge is 0.396 e. The quantitative estimate of drug-likeness (QED) is 0.130. The third-order valence-corrected chi connectivity index (χ3v) is 11.9. The second-order valence-electron chi connectivity index (χ2n) is 11.4. The average Bonchev–Trinajstić information content (AvgIpc) is 3.75. The van der Waals surface area contributed by atoms with Crippen LogP contribution in [0.1, 0.15) is 25.6 Å². The van der Waals surface area contributed by atoms with Gasteiger partial charge in [0.25, 0.3) is 5.56 Å². The summed E-state index contributed by atoms with van der Waals surface area (Å²) in [5.41, 5.74) is 12.1. The number of H-pyrrole nitrogens is 1. The fourth-order valence-electron chi connectivity index (χ4n) is 6.51. The highest BCUT2D eigenvalue weighted by Gasteiger charge is 2.52. The Labute approximate surface area is 270 Å². The van der Waals surface area contributed by atoms with Crippen molar-refractivity contribution in [3.05, 3.63) is 29.3 Å². The molecule has 9 unspecified atom stereocenters. The zero-order valence-electron chi connectivity index (χ0n) is 24.0. The smallest absolute Gasteiger partial charge is 0.386 e. The van der Waals surface area contributed by atoms with Crippen molar-refractivity contribution in [3.63, 3.8) is 0 Å². The molecule has 2 saturated heterocycles. The minimum Gasteiger partial charge on any atom is -0.396 e. The van der Waals surface area contributed by atoms with Crippen molar-refractivity contribution < 1.29 is 37.1 Å². The predicted octanol–water partition coefficient (Wildman–Crippen LogP) is 1.72. The second kappa shape index (κ2) is 11.8. The molecule has 46 heavy (non-hydrogen) atoms. The van der Waals surface area contributed by atoms with Crippen LogP contribution in [0.15, 0.2) is 23.8 Å². The van der Waals surface area contributed by atoms with Gasteiger partial charge in [0.2, 0.25) is 5.95 Å². The summed E-state index contributed by atoms with van der Waals surface area (Å²) in [5.74, 6) is -1.64. The van der Waals surface area contributed by atoms with E-state index in [0.717, 1.165) is 0 Å². The first-order chi connectivity index (χ1) is 21.9. The van der Waals surface area contributed by atoms with Gasteiger partial charge in [-0.1, -0.05) is 31.4 Å². The van der Waals surface area contributed by atoms with Gasteiger partial charge in [-0.3, -0.25) is 27.9 Å². The van der Waals surface area contributed by atoms with Crippen molar-refractivity contribution >= 4 is 72.2 Å². The Hall–Kier alpha value is -2.58. The van der Waals surface area contributed by atoms with Gasteiger partial charge in [0, 0.05) is 23.8 Å².